The lowest BCUT2D eigenvalue weighted by Gasteiger charge is -2.01. The Bertz CT molecular complexity index is 576. The monoisotopic (exact) mass is 322 g/mol. The Balaban J connectivity index is 2.26. The number of rotatable bonds is 5. The van der Waals surface area contributed by atoms with Crippen LogP contribution in [0.3, 0.4) is 0 Å². The third kappa shape index (κ3) is 3.23. The van der Waals surface area contributed by atoms with Crippen LogP contribution in [0.15, 0.2) is 28.7 Å². The summed E-state index contributed by atoms with van der Waals surface area (Å²) in [7, 11) is 0. The highest BCUT2D eigenvalue weighted by Crippen LogP contribution is 2.29. The summed E-state index contributed by atoms with van der Waals surface area (Å²) in [5.74, 6) is -0.880. The molecule has 0 fully saturated rings. The number of H-pyrrole nitrogens is 1. The number of aliphatic carboxylic acids is 1. The Morgan fingerprint density at radius 2 is 2.05 bits per heavy atom. The number of carboxylic acids is 1. The zero-order valence-corrected chi connectivity index (χ0v) is 12.2. The predicted octanol–water partition coefficient (Wildman–Crippen LogP) is 3.42. The largest absolute Gasteiger partial charge is 0.481 e. The Kier molecular flexibility index (Phi) is 4.37. The van der Waals surface area contributed by atoms with E-state index in [4.69, 9.17) is 5.11 Å². The van der Waals surface area contributed by atoms with E-state index < -0.39 is 5.97 Å². The summed E-state index contributed by atoms with van der Waals surface area (Å²) in [5, 5.41) is 15.7. The third-order valence-corrected chi connectivity index (χ3v) is 3.72. The Morgan fingerprint density at radius 1 is 1.37 bits per heavy atom. The van der Waals surface area contributed by atoms with Crippen molar-refractivity contribution in [2.24, 2.45) is 0 Å². The first-order chi connectivity index (χ1) is 9.11. The number of hydrogen-bond acceptors (Lipinski definition) is 2. The van der Waals surface area contributed by atoms with Gasteiger partial charge in [-0.3, -0.25) is 9.89 Å². The van der Waals surface area contributed by atoms with E-state index in [9.17, 15) is 4.79 Å². The minimum absolute atomic E-state index is 0.0680. The number of nitrogens with zero attached hydrogens (tertiary/aromatic N) is 1. The van der Waals surface area contributed by atoms with E-state index in [1.165, 1.54) is 5.56 Å². The van der Waals surface area contributed by atoms with Gasteiger partial charge in [0.2, 0.25) is 0 Å². The highest BCUT2D eigenvalue weighted by Gasteiger charge is 2.14. The molecule has 0 radical (unpaired) electrons. The fourth-order valence-corrected chi connectivity index (χ4v) is 2.49. The van der Waals surface area contributed by atoms with Crippen molar-refractivity contribution in [2.75, 3.05) is 0 Å². The number of halogens is 1. The maximum absolute atomic E-state index is 10.7. The van der Waals surface area contributed by atoms with Crippen molar-refractivity contribution >= 4 is 21.9 Å². The first kappa shape index (κ1) is 13.8. The van der Waals surface area contributed by atoms with Crippen molar-refractivity contribution in [3.8, 4) is 11.3 Å². The lowest BCUT2D eigenvalue weighted by Crippen LogP contribution is -2.00. The molecule has 1 heterocycles. The Hall–Kier alpha value is -1.62. The van der Waals surface area contributed by atoms with Gasteiger partial charge in [-0.2, -0.15) is 5.10 Å². The van der Waals surface area contributed by atoms with Crippen LogP contribution in [0.5, 0.6) is 0 Å². The van der Waals surface area contributed by atoms with E-state index >= 15 is 0 Å². The molecule has 2 rings (SSSR count). The number of nitrogens with one attached hydrogen (secondary N) is 1. The number of aryl methyl sites for hydroxylation is 1. The lowest BCUT2D eigenvalue weighted by molar-refractivity contribution is -0.136. The molecule has 0 atom stereocenters. The van der Waals surface area contributed by atoms with Gasteiger partial charge < -0.3 is 5.11 Å². The molecular weight excluding hydrogens is 308 g/mol. The molecule has 0 aliphatic rings. The molecule has 0 amide bonds. The van der Waals surface area contributed by atoms with Crippen LogP contribution in [-0.4, -0.2) is 21.3 Å². The predicted molar refractivity (Wildman–Crippen MR) is 77.1 cm³/mol. The van der Waals surface area contributed by atoms with Crippen LogP contribution in [-0.2, 0) is 17.6 Å². The normalized spacial score (nSPS) is 10.6. The van der Waals surface area contributed by atoms with Crippen LogP contribution < -0.4 is 0 Å². The highest BCUT2D eigenvalue weighted by atomic mass is 79.9. The van der Waals surface area contributed by atoms with Crippen LogP contribution in [0.4, 0.5) is 0 Å². The summed E-state index contributed by atoms with van der Waals surface area (Å²) in [6.45, 7) is 2.15. The van der Waals surface area contributed by atoms with Gasteiger partial charge in [0.1, 0.15) is 5.69 Å². The van der Waals surface area contributed by atoms with Crippen LogP contribution in [0.1, 0.15) is 24.6 Å². The molecular formula is C14H15BrN2O2. The van der Waals surface area contributed by atoms with E-state index in [0.717, 1.165) is 28.6 Å². The minimum atomic E-state index is -0.880. The SMILES string of the molecule is CCCc1ccc(-c2n[nH]c(CC(=O)O)c2Br)cc1. The smallest absolute Gasteiger partial charge is 0.309 e. The molecule has 2 aromatic rings. The van der Waals surface area contributed by atoms with Gasteiger partial charge in [-0.1, -0.05) is 37.6 Å². The van der Waals surface area contributed by atoms with E-state index in [1.54, 1.807) is 0 Å². The van der Waals surface area contributed by atoms with E-state index in [-0.39, 0.29) is 6.42 Å². The summed E-state index contributed by atoms with van der Waals surface area (Å²) in [6, 6.07) is 8.18. The number of aromatic amines is 1. The van der Waals surface area contributed by atoms with Gasteiger partial charge in [-0.05, 0) is 27.9 Å². The van der Waals surface area contributed by atoms with Gasteiger partial charge in [0.25, 0.3) is 0 Å². The summed E-state index contributed by atoms with van der Waals surface area (Å²) in [6.07, 6.45) is 2.11. The van der Waals surface area contributed by atoms with Gasteiger partial charge >= 0.3 is 5.97 Å². The number of carbonyl (C=O) groups is 1. The van der Waals surface area contributed by atoms with Crippen molar-refractivity contribution in [3.63, 3.8) is 0 Å². The third-order valence-electron chi connectivity index (χ3n) is 2.87. The molecule has 1 aromatic carbocycles. The molecule has 0 aliphatic heterocycles. The van der Waals surface area contributed by atoms with Crippen molar-refractivity contribution in [1.82, 2.24) is 10.2 Å². The Morgan fingerprint density at radius 3 is 2.63 bits per heavy atom. The van der Waals surface area contributed by atoms with Crippen LogP contribution in [0.25, 0.3) is 11.3 Å². The molecule has 5 heteroatoms. The van der Waals surface area contributed by atoms with Gasteiger partial charge in [-0.15, -0.1) is 0 Å². The minimum Gasteiger partial charge on any atom is -0.481 e. The summed E-state index contributed by atoms with van der Waals surface area (Å²) in [5.41, 5.74) is 3.60. The maximum atomic E-state index is 10.7. The summed E-state index contributed by atoms with van der Waals surface area (Å²) >= 11 is 3.41. The fourth-order valence-electron chi connectivity index (χ4n) is 1.94. The van der Waals surface area contributed by atoms with Gasteiger partial charge in [0.05, 0.1) is 16.6 Å². The molecule has 0 aliphatic carbocycles. The average Bonchev–Trinajstić information content (AvgIpc) is 2.72. The topological polar surface area (TPSA) is 66.0 Å². The average molecular weight is 323 g/mol. The molecule has 0 bridgehead atoms. The second-order valence-electron chi connectivity index (χ2n) is 4.38. The highest BCUT2D eigenvalue weighted by molar-refractivity contribution is 9.10. The molecule has 1 aromatic heterocycles. The maximum Gasteiger partial charge on any atom is 0.309 e. The van der Waals surface area contributed by atoms with Crippen LogP contribution >= 0.6 is 15.9 Å². The molecule has 4 nitrogen and oxygen atoms in total. The van der Waals surface area contributed by atoms with E-state index in [0.29, 0.717) is 5.69 Å². The molecule has 0 unspecified atom stereocenters. The Labute approximate surface area is 120 Å². The van der Waals surface area contributed by atoms with Crippen LogP contribution in [0.2, 0.25) is 0 Å². The van der Waals surface area contributed by atoms with E-state index in [1.807, 2.05) is 12.1 Å². The molecule has 2 N–H and O–H groups in total. The number of aromatic nitrogens is 2. The molecule has 0 saturated heterocycles. The molecule has 0 spiro atoms. The molecule has 100 valence electrons. The zero-order valence-electron chi connectivity index (χ0n) is 10.6. The molecule has 19 heavy (non-hydrogen) atoms. The van der Waals surface area contributed by atoms with Crippen LogP contribution in [0, 0.1) is 0 Å². The summed E-state index contributed by atoms with van der Waals surface area (Å²) in [4.78, 5) is 10.7. The standard InChI is InChI=1S/C14H15BrN2O2/c1-2-3-9-4-6-10(7-5-9)14-13(15)11(16-17-14)8-12(18)19/h4-7H,2-3,8H2,1H3,(H,16,17)(H,18,19). The lowest BCUT2D eigenvalue weighted by atomic mass is 10.1. The van der Waals surface area contributed by atoms with Crippen molar-refractivity contribution in [2.45, 2.75) is 26.2 Å². The quantitative estimate of drug-likeness (QED) is 0.886. The summed E-state index contributed by atoms with van der Waals surface area (Å²) < 4.78 is 0.721. The molecule has 0 saturated carbocycles. The van der Waals surface area contributed by atoms with Crippen molar-refractivity contribution in [1.29, 1.82) is 0 Å². The second kappa shape index (κ2) is 6.02. The first-order valence-corrected chi connectivity index (χ1v) is 6.95. The van der Waals surface area contributed by atoms with Crippen molar-refractivity contribution in [3.05, 3.63) is 40.0 Å². The number of carboxylic acid groups (broad SMARTS) is 1. The second-order valence-corrected chi connectivity index (χ2v) is 5.18. The van der Waals surface area contributed by atoms with Gasteiger partial charge in [0.15, 0.2) is 0 Å². The van der Waals surface area contributed by atoms with Crippen molar-refractivity contribution < 1.29 is 9.90 Å². The number of hydrogen-bond donors (Lipinski definition) is 2. The first-order valence-electron chi connectivity index (χ1n) is 6.15. The van der Waals surface area contributed by atoms with Gasteiger partial charge in [0, 0.05) is 5.56 Å². The number of benzene rings is 1. The van der Waals surface area contributed by atoms with E-state index in [2.05, 4.69) is 45.2 Å². The zero-order chi connectivity index (χ0) is 13.8. The fraction of sp³-hybridized carbons (Fsp3) is 0.286. The van der Waals surface area contributed by atoms with Gasteiger partial charge in [-0.25, -0.2) is 0 Å².